The maximum absolute atomic E-state index is 12.9. The first-order chi connectivity index (χ1) is 14.3. The van der Waals surface area contributed by atoms with E-state index in [1.54, 1.807) is 12.4 Å². The molecule has 0 aliphatic carbocycles. The lowest BCUT2D eigenvalue weighted by atomic mass is 10.0. The van der Waals surface area contributed by atoms with Gasteiger partial charge in [-0.05, 0) is 42.8 Å². The van der Waals surface area contributed by atoms with E-state index in [2.05, 4.69) is 10.3 Å². The van der Waals surface area contributed by atoms with Crippen molar-refractivity contribution in [3.63, 3.8) is 0 Å². The van der Waals surface area contributed by atoms with Gasteiger partial charge in [0.1, 0.15) is 5.75 Å². The molecule has 4 rings (SSSR count). The minimum Gasteiger partial charge on any atom is -0.494 e. The molecule has 5 nitrogen and oxygen atoms in total. The van der Waals surface area contributed by atoms with E-state index in [9.17, 15) is 4.79 Å². The predicted octanol–water partition coefficient (Wildman–Crippen LogP) is 4.50. The van der Waals surface area contributed by atoms with Crippen LogP contribution in [0.1, 0.15) is 16.8 Å². The highest BCUT2D eigenvalue weighted by atomic mass is 16.5. The van der Waals surface area contributed by atoms with Gasteiger partial charge in [-0.25, -0.2) is 4.98 Å². The summed E-state index contributed by atoms with van der Waals surface area (Å²) in [7, 11) is 0. The number of amides is 1. The van der Waals surface area contributed by atoms with Crippen molar-refractivity contribution in [2.24, 2.45) is 0 Å². The number of nitrogens with one attached hydrogen (secondary N) is 1. The molecule has 0 saturated carbocycles. The Morgan fingerprint density at radius 3 is 2.62 bits per heavy atom. The minimum atomic E-state index is -0.117. The van der Waals surface area contributed by atoms with Gasteiger partial charge in [0.15, 0.2) is 0 Å². The fraction of sp³-hybridized carbons (Fsp3) is 0.125. The van der Waals surface area contributed by atoms with E-state index in [-0.39, 0.29) is 5.91 Å². The van der Waals surface area contributed by atoms with Gasteiger partial charge in [0, 0.05) is 29.9 Å². The first-order valence-electron chi connectivity index (χ1n) is 9.57. The molecule has 2 heterocycles. The molecule has 144 valence electrons. The molecule has 0 fully saturated rings. The van der Waals surface area contributed by atoms with Crippen LogP contribution in [0.15, 0.2) is 85.2 Å². The summed E-state index contributed by atoms with van der Waals surface area (Å²) in [6.45, 7) is 1.08. The zero-order valence-corrected chi connectivity index (χ0v) is 15.9. The summed E-state index contributed by atoms with van der Waals surface area (Å²) in [5.41, 5.74) is 3.00. The van der Waals surface area contributed by atoms with Crippen molar-refractivity contribution in [1.82, 2.24) is 15.3 Å². The van der Waals surface area contributed by atoms with Crippen LogP contribution in [-0.2, 0) is 0 Å². The number of benzene rings is 2. The van der Waals surface area contributed by atoms with Gasteiger partial charge < -0.3 is 10.1 Å². The van der Waals surface area contributed by atoms with Crippen molar-refractivity contribution in [1.29, 1.82) is 0 Å². The molecule has 0 atom stereocenters. The van der Waals surface area contributed by atoms with E-state index in [1.165, 1.54) is 0 Å². The quantitative estimate of drug-likeness (QED) is 0.478. The van der Waals surface area contributed by atoms with Crippen molar-refractivity contribution >= 4 is 16.8 Å². The normalized spacial score (nSPS) is 10.6. The zero-order chi connectivity index (χ0) is 19.9. The Morgan fingerprint density at radius 2 is 1.79 bits per heavy atom. The summed E-state index contributed by atoms with van der Waals surface area (Å²) < 4.78 is 5.67. The number of rotatable bonds is 7. The Hall–Kier alpha value is -3.73. The van der Waals surface area contributed by atoms with Gasteiger partial charge in [-0.15, -0.1) is 0 Å². The largest absolute Gasteiger partial charge is 0.494 e. The highest BCUT2D eigenvalue weighted by Crippen LogP contribution is 2.24. The molecule has 0 aliphatic rings. The highest BCUT2D eigenvalue weighted by Gasteiger charge is 2.13. The molecule has 0 unspecified atom stereocenters. The van der Waals surface area contributed by atoms with Crippen LogP contribution < -0.4 is 10.1 Å². The van der Waals surface area contributed by atoms with Crippen LogP contribution in [0.5, 0.6) is 5.75 Å². The Morgan fingerprint density at radius 1 is 0.966 bits per heavy atom. The summed E-state index contributed by atoms with van der Waals surface area (Å²) >= 11 is 0. The second kappa shape index (κ2) is 8.97. The first-order valence-corrected chi connectivity index (χ1v) is 9.57. The summed E-state index contributed by atoms with van der Waals surface area (Å²) in [5.74, 6) is 0.716. The molecule has 1 amide bonds. The molecule has 0 aliphatic heterocycles. The van der Waals surface area contributed by atoms with Crippen LogP contribution in [-0.4, -0.2) is 29.0 Å². The zero-order valence-electron chi connectivity index (χ0n) is 15.9. The van der Waals surface area contributed by atoms with Gasteiger partial charge in [-0.2, -0.15) is 0 Å². The smallest absolute Gasteiger partial charge is 0.252 e. The van der Waals surface area contributed by atoms with Gasteiger partial charge in [0.25, 0.3) is 5.91 Å². The summed E-state index contributed by atoms with van der Waals surface area (Å²) in [4.78, 5) is 21.7. The number of para-hydroxylation sites is 2. The van der Waals surface area contributed by atoms with Crippen molar-refractivity contribution in [3.05, 3.63) is 90.8 Å². The first kappa shape index (κ1) is 18.6. The third-order valence-corrected chi connectivity index (χ3v) is 4.54. The fourth-order valence-electron chi connectivity index (χ4n) is 3.10. The van der Waals surface area contributed by atoms with Crippen LogP contribution >= 0.6 is 0 Å². The Kier molecular flexibility index (Phi) is 5.76. The van der Waals surface area contributed by atoms with E-state index in [0.717, 1.165) is 34.3 Å². The minimum absolute atomic E-state index is 0.117. The number of aromatic nitrogens is 2. The van der Waals surface area contributed by atoms with E-state index < -0.39 is 0 Å². The molecule has 2 aromatic heterocycles. The lowest BCUT2D eigenvalue weighted by Gasteiger charge is -2.11. The Labute approximate surface area is 169 Å². The van der Waals surface area contributed by atoms with Gasteiger partial charge in [-0.3, -0.25) is 9.78 Å². The molecule has 29 heavy (non-hydrogen) atoms. The Balaban J connectivity index is 1.46. The maximum Gasteiger partial charge on any atom is 0.252 e. The van der Waals surface area contributed by atoms with Crippen LogP contribution in [0.4, 0.5) is 0 Å². The standard InChI is InChI=1S/C24H21N3O2/c28-24(26-14-7-15-29-19-9-2-1-3-10-19)21-16-23(18-8-6-13-25-17-18)27-22-12-5-4-11-20(21)22/h1-6,8-13,16-17H,7,14-15H2,(H,26,28). The van der Waals surface area contributed by atoms with E-state index >= 15 is 0 Å². The van der Waals surface area contributed by atoms with Crippen LogP contribution in [0, 0.1) is 0 Å². The average molecular weight is 383 g/mol. The SMILES string of the molecule is O=C(NCCCOc1ccccc1)c1cc(-c2cccnc2)nc2ccccc12. The number of hydrogen-bond acceptors (Lipinski definition) is 4. The summed E-state index contributed by atoms with van der Waals surface area (Å²) in [5, 5.41) is 3.83. The average Bonchev–Trinajstić information content (AvgIpc) is 2.79. The molecular weight excluding hydrogens is 362 g/mol. The van der Waals surface area contributed by atoms with Crippen molar-refractivity contribution in [3.8, 4) is 17.0 Å². The number of pyridine rings is 2. The van der Waals surface area contributed by atoms with E-state index in [1.807, 2.05) is 72.8 Å². The second-order valence-corrected chi connectivity index (χ2v) is 6.58. The molecule has 4 aromatic rings. The third kappa shape index (κ3) is 4.58. The monoisotopic (exact) mass is 383 g/mol. The summed E-state index contributed by atoms with van der Waals surface area (Å²) in [6.07, 6.45) is 4.19. The van der Waals surface area contributed by atoms with Crippen LogP contribution in [0.25, 0.3) is 22.2 Å². The molecule has 0 spiro atoms. The van der Waals surface area contributed by atoms with Gasteiger partial charge in [0.05, 0.1) is 23.4 Å². The van der Waals surface area contributed by atoms with Gasteiger partial charge >= 0.3 is 0 Å². The number of ether oxygens (including phenoxy) is 1. The molecule has 2 aromatic carbocycles. The predicted molar refractivity (Wildman–Crippen MR) is 114 cm³/mol. The topological polar surface area (TPSA) is 64.1 Å². The fourth-order valence-corrected chi connectivity index (χ4v) is 3.10. The number of fused-ring (bicyclic) bond motifs is 1. The van der Waals surface area contributed by atoms with Gasteiger partial charge in [-0.1, -0.05) is 36.4 Å². The highest BCUT2D eigenvalue weighted by molar-refractivity contribution is 6.07. The molecule has 0 bridgehead atoms. The summed E-state index contributed by atoms with van der Waals surface area (Å²) in [6, 6.07) is 23.0. The second-order valence-electron chi connectivity index (χ2n) is 6.58. The third-order valence-electron chi connectivity index (χ3n) is 4.54. The number of carbonyl (C=O) groups excluding carboxylic acids is 1. The van der Waals surface area contributed by atoms with E-state index in [0.29, 0.717) is 18.7 Å². The van der Waals surface area contributed by atoms with Crippen LogP contribution in [0.2, 0.25) is 0 Å². The molecule has 0 saturated heterocycles. The van der Waals surface area contributed by atoms with Crippen molar-refractivity contribution < 1.29 is 9.53 Å². The van der Waals surface area contributed by atoms with E-state index in [4.69, 9.17) is 9.72 Å². The van der Waals surface area contributed by atoms with Gasteiger partial charge in [0.2, 0.25) is 0 Å². The lowest BCUT2D eigenvalue weighted by Crippen LogP contribution is -2.26. The maximum atomic E-state index is 12.9. The van der Waals surface area contributed by atoms with Crippen molar-refractivity contribution in [2.75, 3.05) is 13.2 Å². The number of carbonyl (C=O) groups is 1. The Bertz CT molecular complexity index is 1100. The lowest BCUT2D eigenvalue weighted by molar-refractivity contribution is 0.0953. The van der Waals surface area contributed by atoms with Crippen molar-refractivity contribution in [2.45, 2.75) is 6.42 Å². The van der Waals surface area contributed by atoms with Crippen LogP contribution in [0.3, 0.4) is 0 Å². The molecular formula is C24H21N3O2. The number of hydrogen-bond donors (Lipinski definition) is 1. The molecule has 0 radical (unpaired) electrons. The molecule has 5 heteroatoms. The number of nitrogens with zero attached hydrogens (tertiary/aromatic N) is 2. The molecule has 1 N–H and O–H groups in total.